The van der Waals surface area contributed by atoms with Gasteiger partial charge in [-0.3, -0.25) is 14.6 Å². The maximum Gasteiger partial charge on any atom is 0.305 e. The summed E-state index contributed by atoms with van der Waals surface area (Å²) in [6.07, 6.45) is 14.1. The molecule has 8 heteroatoms. The van der Waals surface area contributed by atoms with Crippen molar-refractivity contribution in [3.05, 3.63) is 46.2 Å². The predicted molar refractivity (Wildman–Crippen MR) is 146 cm³/mol. The quantitative estimate of drug-likeness (QED) is 0.340. The van der Waals surface area contributed by atoms with E-state index in [1.165, 1.54) is 43.4 Å². The Morgan fingerprint density at radius 1 is 1.14 bits per heavy atom. The van der Waals surface area contributed by atoms with Crippen molar-refractivity contribution in [1.82, 2.24) is 19.9 Å². The molecular weight excluding hydrogens is 484 g/mol. The number of thiazole rings is 1. The minimum atomic E-state index is -0.871. The second-order valence-corrected chi connectivity index (χ2v) is 12.1. The standard InChI is InChI=1S/C29H38N4O3S/c1-19-7-5-6-10-25(19)33-26-12-11-21(14-24(26)32-27(33)16-23-17-30-18-37-23)29(36)31-22(15-28(34)35)13-20-8-3-2-4-9-20/h11-12,14,17-20,22,25H,2-10,13,15-16H2,1H3,(H,31,36)(H,34,35). The molecule has 5 rings (SSSR count). The molecule has 2 aromatic heterocycles. The van der Waals surface area contributed by atoms with Crippen LogP contribution in [-0.2, 0) is 11.2 Å². The molecule has 3 atom stereocenters. The number of imidazole rings is 1. The van der Waals surface area contributed by atoms with Crippen molar-refractivity contribution in [2.24, 2.45) is 11.8 Å². The fourth-order valence-electron chi connectivity index (χ4n) is 6.45. The van der Waals surface area contributed by atoms with Crippen LogP contribution in [0.1, 0.15) is 105 Å². The number of hydrogen-bond acceptors (Lipinski definition) is 5. The highest BCUT2D eigenvalue weighted by Crippen LogP contribution is 2.37. The van der Waals surface area contributed by atoms with Gasteiger partial charge in [-0.25, -0.2) is 4.98 Å². The molecule has 0 bridgehead atoms. The van der Waals surface area contributed by atoms with Crippen LogP contribution in [0.15, 0.2) is 29.9 Å². The minimum absolute atomic E-state index is 0.0440. The van der Waals surface area contributed by atoms with Gasteiger partial charge < -0.3 is 15.0 Å². The Balaban J connectivity index is 1.41. The minimum Gasteiger partial charge on any atom is -0.481 e. The Hall–Kier alpha value is -2.74. The van der Waals surface area contributed by atoms with Crippen molar-refractivity contribution < 1.29 is 14.7 Å². The van der Waals surface area contributed by atoms with Crippen LogP contribution in [0.5, 0.6) is 0 Å². The number of carboxylic acids is 1. The average molecular weight is 523 g/mol. The van der Waals surface area contributed by atoms with Crippen molar-refractivity contribution in [1.29, 1.82) is 0 Å². The Bertz CT molecular complexity index is 1220. The molecule has 0 radical (unpaired) electrons. The van der Waals surface area contributed by atoms with Crippen LogP contribution in [-0.4, -0.2) is 37.6 Å². The van der Waals surface area contributed by atoms with Crippen LogP contribution in [0.2, 0.25) is 0 Å². The van der Waals surface area contributed by atoms with E-state index < -0.39 is 5.97 Å². The molecule has 2 N–H and O–H groups in total. The van der Waals surface area contributed by atoms with E-state index in [1.54, 1.807) is 11.3 Å². The van der Waals surface area contributed by atoms with Crippen LogP contribution in [0.4, 0.5) is 0 Å². The van der Waals surface area contributed by atoms with E-state index in [1.807, 2.05) is 29.9 Å². The summed E-state index contributed by atoms with van der Waals surface area (Å²) in [7, 11) is 0. The first-order chi connectivity index (χ1) is 18.0. The highest BCUT2D eigenvalue weighted by molar-refractivity contribution is 7.09. The summed E-state index contributed by atoms with van der Waals surface area (Å²) in [4.78, 5) is 35.3. The first-order valence-corrected chi connectivity index (χ1v) is 14.8. The van der Waals surface area contributed by atoms with Gasteiger partial charge in [0, 0.05) is 35.1 Å². The molecule has 1 amide bonds. The molecule has 3 unspecified atom stereocenters. The number of carbonyl (C=O) groups is 2. The van der Waals surface area contributed by atoms with Crippen LogP contribution >= 0.6 is 11.3 Å². The molecule has 2 aliphatic carbocycles. The Morgan fingerprint density at radius 3 is 2.65 bits per heavy atom. The van der Waals surface area contributed by atoms with E-state index in [0.717, 1.165) is 49.0 Å². The van der Waals surface area contributed by atoms with Gasteiger partial charge in [-0.1, -0.05) is 51.9 Å². The number of amides is 1. The van der Waals surface area contributed by atoms with Gasteiger partial charge in [0.05, 0.1) is 23.0 Å². The fourth-order valence-corrected chi connectivity index (χ4v) is 7.04. The molecule has 2 heterocycles. The van der Waals surface area contributed by atoms with E-state index in [0.29, 0.717) is 23.4 Å². The van der Waals surface area contributed by atoms with Crippen molar-refractivity contribution in [2.75, 3.05) is 0 Å². The molecule has 37 heavy (non-hydrogen) atoms. The van der Waals surface area contributed by atoms with E-state index in [4.69, 9.17) is 4.98 Å². The molecule has 2 saturated carbocycles. The van der Waals surface area contributed by atoms with Crippen LogP contribution in [0.3, 0.4) is 0 Å². The van der Waals surface area contributed by atoms with Crippen molar-refractivity contribution in [3.63, 3.8) is 0 Å². The van der Waals surface area contributed by atoms with E-state index >= 15 is 0 Å². The molecule has 1 aromatic carbocycles. The lowest BCUT2D eigenvalue weighted by Crippen LogP contribution is -2.38. The molecule has 2 fully saturated rings. The third kappa shape index (κ3) is 6.22. The summed E-state index contributed by atoms with van der Waals surface area (Å²) >= 11 is 1.64. The maximum atomic E-state index is 13.3. The van der Waals surface area contributed by atoms with Crippen LogP contribution < -0.4 is 5.32 Å². The number of aliphatic carboxylic acids is 1. The lowest BCUT2D eigenvalue weighted by molar-refractivity contribution is -0.137. The molecule has 0 spiro atoms. The second kappa shape index (κ2) is 11.8. The topological polar surface area (TPSA) is 97.1 Å². The highest BCUT2D eigenvalue weighted by Gasteiger charge is 2.28. The lowest BCUT2D eigenvalue weighted by Gasteiger charge is -2.31. The van der Waals surface area contributed by atoms with E-state index in [9.17, 15) is 14.7 Å². The first kappa shape index (κ1) is 25.9. The molecule has 0 saturated heterocycles. The van der Waals surface area contributed by atoms with Gasteiger partial charge in [0.25, 0.3) is 5.91 Å². The number of rotatable bonds is 9. The lowest BCUT2D eigenvalue weighted by atomic mass is 9.84. The van der Waals surface area contributed by atoms with Gasteiger partial charge in [0.1, 0.15) is 5.82 Å². The van der Waals surface area contributed by atoms with Crippen LogP contribution in [0, 0.1) is 11.8 Å². The number of hydrogen-bond donors (Lipinski definition) is 2. The second-order valence-electron chi connectivity index (χ2n) is 11.1. The van der Waals surface area contributed by atoms with Crippen LogP contribution in [0.25, 0.3) is 11.0 Å². The summed E-state index contributed by atoms with van der Waals surface area (Å²) in [6.45, 7) is 2.34. The van der Waals surface area contributed by atoms with Gasteiger partial charge in [-0.15, -0.1) is 11.3 Å². The molecular formula is C29H38N4O3S. The summed E-state index contributed by atoms with van der Waals surface area (Å²) in [6, 6.07) is 5.83. The zero-order chi connectivity index (χ0) is 25.8. The van der Waals surface area contributed by atoms with Gasteiger partial charge in [0.2, 0.25) is 0 Å². The predicted octanol–water partition coefficient (Wildman–Crippen LogP) is 6.38. The normalized spacial score (nSPS) is 21.6. The summed E-state index contributed by atoms with van der Waals surface area (Å²) in [5, 5.41) is 12.5. The van der Waals surface area contributed by atoms with E-state index in [2.05, 4.69) is 21.8 Å². The third-order valence-corrected chi connectivity index (χ3v) is 9.12. The Kier molecular flexibility index (Phi) is 8.23. The van der Waals surface area contributed by atoms with Gasteiger partial charge in [-0.2, -0.15) is 0 Å². The Labute approximate surface area is 222 Å². The number of nitrogens with one attached hydrogen (secondary N) is 1. The smallest absolute Gasteiger partial charge is 0.305 e. The Morgan fingerprint density at radius 2 is 1.92 bits per heavy atom. The summed E-state index contributed by atoms with van der Waals surface area (Å²) in [5.41, 5.74) is 4.29. The SMILES string of the molecule is CC1CCCCC1n1c(Cc2cncs2)nc2cc(C(=O)NC(CC(=O)O)CC3CCCCC3)ccc21. The molecule has 2 aliphatic rings. The van der Waals surface area contributed by atoms with Gasteiger partial charge in [-0.05, 0) is 49.3 Å². The van der Waals surface area contributed by atoms with Gasteiger partial charge >= 0.3 is 5.97 Å². The molecule has 3 aromatic rings. The van der Waals surface area contributed by atoms with Gasteiger partial charge in [0.15, 0.2) is 0 Å². The summed E-state index contributed by atoms with van der Waals surface area (Å²) in [5.74, 6) is 1.00. The number of nitrogens with zero attached hydrogens (tertiary/aromatic N) is 3. The number of benzene rings is 1. The average Bonchev–Trinajstić information content (AvgIpc) is 3.52. The number of carbonyl (C=O) groups excluding carboxylic acids is 1. The number of aromatic nitrogens is 3. The molecule has 7 nitrogen and oxygen atoms in total. The monoisotopic (exact) mass is 522 g/mol. The van der Waals surface area contributed by atoms with Crippen molar-refractivity contribution >= 4 is 34.2 Å². The molecule has 0 aliphatic heterocycles. The van der Waals surface area contributed by atoms with Crippen molar-refractivity contribution in [2.45, 2.75) is 96.1 Å². The zero-order valence-corrected chi connectivity index (χ0v) is 22.5. The first-order valence-electron chi connectivity index (χ1n) is 13.9. The fraction of sp³-hybridized carbons (Fsp3) is 0.586. The maximum absolute atomic E-state index is 13.3. The van der Waals surface area contributed by atoms with E-state index in [-0.39, 0.29) is 18.4 Å². The zero-order valence-electron chi connectivity index (χ0n) is 21.7. The highest BCUT2D eigenvalue weighted by atomic mass is 32.1. The number of fused-ring (bicyclic) bond motifs is 1. The van der Waals surface area contributed by atoms with Crippen molar-refractivity contribution in [3.8, 4) is 0 Å². The largest absolute Gasteiger partial charge is 0.481 e. The summed E-state index contributed by atoms with van der Waals surface area (Å²) < 4.78 is 2.41. The third-order valence-electron chi connectivity index (χ3n) is 8.34. The number of carboxylic acid groups (broad SMARTS) is 1. The molecule has 198 valence electrons.